The Labute approximate surface area is 77.2 Å². The van der Waals surface area contributed by atoms with E-state index >= 15 is 0 Å². The number of hydrogen-bond acceptors (Lipinski definition) is 4. The van der Waals surface area contributed by atoms with Crippen molar-refractivity contribution in [1.29, 1.82) is 0 Å². The van der Waals surface area contributed by atoms with Crippen LogP contribution in [-0.2, 0) is 13.2 Å². The van der Waals surface area contributed by atoms with Crippen LogP contribution < -0.4 is 0 Å². The van der Waals surface area contributed by atoms with Gasteiger partial charge < -0.3 is 15.3 Å². The summed E-state index contributed by atoms with van der Waals surface area (Å²) in [6.07, 6.45) is 0.785. The number of aromatic hydroxyl groups is 1. The molecule has 1 aromatic rings. The molecule has 3 N–H and O–H groups in total. The van der Waals surface area contributed by atoms with Crippen LogP contribution >= 0.6 is 0 Å². The second-order valence-corrected chi connectivity index (χ2v) is 2.12. The fraction of sp³-hybridized carbons (Fsp3) is 0.375. The van der Waals surface area contributed by atoms with Crippen molar-refractivity contribution < 1.29 is 22.2 Å². The van der Waals surface area contributed by atoms with Gasteiger partial charge in [0.15, 0.2) is 0 Å². The SMILES string of the molecule is [2H]C([2H])([2H])c1ncc(C([2H])([2H])O)c(CO)c1O. The number of aromatic nitrogens is 1. The van der Waals surface area contributed by atoms with Gasteiger partial charge in [-0.1, -0.05) is 0 Å². The molecule has 0 atom stereocenters. The molecule has 0 amide bonds. The summed E-state index contributed by atoms with van der Waals surface area (Å²) in [6.45, 7) is -6.32. The minimum atomic E-state index is -2.82. The molecule has 0 aliphatic carbocycles. The van der Waals surface area contributed by atoms with E-state index in [0.717, 1.165) is 6.20 Å². The number of aliphatic hydroxyl groups excluding tert-OH is 1. The highest BCUT2D eigenvalue weighted by atomic mass is 16.3. The normalized spacial score (nSPS) is 18.7. The third-order valence-electron chi connectivity index (χ3n) is 1.44. The van der Waals surface area contributed by atoms with Crippen LogP contribution in [0, 0.1) is 6.85 Å². The average molecular weight is 174 g/mol. The minimum absolute atomic E-state index is 0.390. The predicted molar refractivity (Wildman–Crippen MR) is 42.5 cm³/mol. The van der Waals surface area contributed by atoms with Crippen LogP contribution in [0.3, 0.4) is 0 Å². The number of pyridine rings is 1. The molecule has 0 saturated carbocycles. The Morgan fingerprint density at radius 2 is 2.42 bits per heavy atom. The van der Waals surface area contributed by atoms with E-state index in [9.17, 15) is 5.11 Å². The number of nitrogens with zero attached hydrogens (tertiary/aromatic N) is 1. The Balaban J connectivity index is 3.49. The number of aliphatic hydroxyl groups is 2. The van der Waals surface area contributed by atoms with E-state index in [-0.39, 0.29) is 0 Å². The second-order valence-electron chi connectivity index (χ2n) is 2.12. The van der Waals surface area contributed by atoms with Crippen molar-refractivity contribution in [3.63, 3.8) is 0 Å². The van der Waals surface area contributed by atoms with Crippen LogP contribution in [0.2, 0.25) is 0 Å². The van der Waals surface area contributed by atoms with Crippen molar-refractivity contribution in [2.45, 2.75) is 20.0 Å². The lowest BCUT2D eigenvalue weighted by molar-refractivity contribution is 0.254. The van der Waals surface area contributed by atoms with Crippen molar-refractivity contribution in [2.75, 3.05) is 0 Å². The minimum Gasteiger partial charge on any atom is -0.506 e. The quantitative estimate of drug-likeness (QED) is 0.593. The van der Waals surface area contributed by atoms with E-state index in [1.54, 1.807) is 0 Å². The molecule has 0 aliphatic rings. The summed E-state index contributed by atoms with van der Waals surface area (Å²) in [5, 5.41) is 27.8. The van der Waals surface area contributed by atoms with Gasteiger partial charge in [-0.05, 0) is 6.85 Å². The van der Waals surface area contributed by atoms with Crippen molar-refractivity contribution in [1.82, 2.24) is 4.98 Å². The molecule has 0 aliphatic heterocycles. The lowest BCUT2D eigenvalue weighted by atomic mass is 10.1. The van der Waals surface area contributed by atoms with Gasteiger partial charge in [-0.25, -0.2) is 0 Å². The van der Waals surface area contributed by atoms with E-state index < -0.39 is 42.6 Å². The maximum atomic E-state index is 9.61. The largest absolute Gasteiger partial charge is 0.506 e. The van der Waals surface area contributed by atoms with E-state index in [1.165, 1.54) is 0 Å². The Morgan fingerprint density at radius 3 is 2.92 bits per heavy atom. The summed E-state index contributed by atoms with van der Waals surface area (Å²) >= 11 is 0. The van der Waals surface area contributed by atoms with Crippen LogP contribution in [0.4, 0.5) is 0 Å². The van der Waals surface area contributed by atoms with Crippen LogP contribution in [0.5, 0.6) is 5.75 Å². The van der Waals surface area contributed by atoms with E-state index in [1.807, 2.05) is 0 Å². The summed E-state index contributed by atoms with van der Waals surface area (Å²) < 4.78 is 35.4. The van der Waals surface area contributed by atoms with Crippen LogP contribution in [0.1, 0.15) is 23.7 Å². The van der Waals surface area contributed by atoms with Crippen molar-refractivity contribution in [3.05, 3.63) is 23.0 Å². The lowest BCUT2D eigenvalue weighted by Crippen LogP contribution is -1.98. The molecular weight excluding hydrogens is 158 g/mol. The predicted octanol–water partition coefficient (Wildman–Crippen LogP) is 0.0802. The Hall–Kier alpha value is -1.13. The average Bonchev–Trinajstić information content (AvgIpc) is 2.13. The lowest BCUT2D eigenvalue weighted by Gasteiger charge is -2.07. The fourth-order valence-electron chi connectivity index (χ4n) is 0.795. The van der Waals surface area contributed by atoms with Crippen molar-refractivity contribution in [3.8, 4) is 5.75 Å². The van der Waals surface area contributed by atoms with Gasteiger partial charge in [0, 0.05) is 21.4 Å². The Bertz CT molecular complexity index is 426. The zero-order valence-electron chi connectivity index (χ0n) is 11.1. The molecule has 1 heterocycles. The molecule has 0 unspecified atom stereocenters. The van der Waals surface area contributed by atoms with Gasteiger partial charge in [-0.2, -0.15) is 0 Å². The van der Waals surface area contributed by atoms with Gasteiger partial charge in [0.25, 0.3) is 0 Å². The number of hydrogen-bond donors (Lipinski definition) is 3. The molecule has 1 rings (SSSR count). The molecule has 0 aromatic carbocycles. The molecule has 1 aromatic heterocycles. The van der Waals surface area contributed by atoms with Crippen LogP contribution in [0.25, 0.3) is 0 Å². The zero-order chi connectivity index (χ0) is 13.4. The first-order chi connectivity index (χ1) is 7.59. The Kier molecular flexibility index (Phi) is 1.23. The fourth-order valence-corrected chi connectivity index (χ4v) is 0.795. The summed E-state index contributed by atoms with van der Waals surface area (Å²) in [5.41, 5.74) is -1.50. The summed E-state index contributed by atoms with van der Waals surface area (Å²) in [6, 6.07) is 0. The first kappa shape index (κ1) is 4.20. The summed E-state index contributed by atoms with van der Waals surface area (Å²) in [5.74, 6) is -0.831. The van der Waals surface area contributed by atoms with Gasteiger partial charge in [0.05, 0.1) is 21.6 Å². The summed E-state index contributed by atoms with van der Waals surface area (Å²) in [4.78, 5) is 3.40. The highest BCUT2D eigenvalue weighted by molar-refractivity contribution is 5.39. The molecule has 0 bridgehead atoms. The molecule has 0 spiro atoms. The first-order valence-corrected chi connectivity index (χ1v) is 3.14. The molecule has 12 heavy (non-hydrogen) atoms. The van der Waals surface area contributed by atoms with E-state index in [4.69, 9.17) is 17.1 Å². The van der Waals surface area contributed by atoms with Gasteiger partial charge in [-0.15, -0.1) is 0 Å². The number of rotatable bonds is 2. The van der Waals surface area contributed by atoms with E-state index in [2.05, 4.69) is 4.98 Å². The molecule has 0 radical (unpaired) electrons. The topological polar surface area (TPSA) is 73.6 Å². The van der Waals surface area contributed by atoms with Gasteiger partial charge in [-0.3, -0.25) is 4.98 Å². The highest BCUT2D eigenvalue weighted by Crippen LogP contribution is 2.23. The molecule has 0 saturated heterocycles. The Morgan fingerprint density at radius 1 is 1.67 bits per heavy atom. The number of aryl methyl sites for hydroxylation is 1. The van der Waals surface area contributed by atoms with Gasteiger partial charge >= 0.3 is 0 Å². The molecule has 0 fully saturated rings. The second kappa shape index (κ2) is 3.51. The van der Waals surface area contributed by atoms with Crippen molar-refractivity contribution >= 4 is 0 Å². The maximum absolute atomic E-state index is 9.61. The third-order valence-corrected chi connectivity index (χ3v) is 1.44. The first-order valence-electron chi connectivity index (χ1n) is 5.64. The zero-order valence-corrected chi connectivity index (χ0v) is 6.07. The van der Waals surface area contributed by atoms with Gasteiger partial charge in [0.2, 0.25) is 0 Å². The molecule has 4 heteroatoms. The third kappa shape index (κ3) is 1.39. The van der Waals surface area contributed by atoms with Crippen molar-refractivity contribution in [2.24, 2.45) is 0 Å². The standard InChI is InChI=1S/C8H11NO3/c1-5-8(12)7(4-11)6(3-10)2-9-5/h2,10-12H,3-4H2,1H3/i1D3,3D2. The van der Waals surface area contributed by atoms with Crippen LogP contribution in [-0.4, -0.2) is 20.3 Å². The molecule has 4 nitrogen and oxygen atoms in total. The smallest absolute Gasteiger partial charge is 0.142 e. The summed E-state index contributed by atoms with van der Waals surface area (Å²) in [7, 11) is 0. The molecular formula is C8H11NO3. The maximum Gasteiger partial charge on any atom is 0.142 e. The van der Waals surface area contributed by atoms with Crippen LogP contribution in [0.15, 0.2) is 6.20 Å². The van der Waals surface area contributed by atoms with E-state index in [0.29, 0.717) is 0 Å². The van der Waals surface area contributed by atoms with Gasteiger partial charge in [0.1, 0.15) is 5.75 Å². The highest BCUT2D eigenvalue weighted by Gasteiger charge is 2.09. The monoisotopic (exact) mass is 174 g/mol. The molecule has 66 valence electrons.